The molecule has 0 aliphatic carbocycles. The maximum Gasteiger partial charge on any atom is 0.165 e. The van der Waals surface area contributed by atoms with Crippen LogP contribution in [0.2, 0.25) is 5.02 Å². The Morgan fingerprint density at radius 1 is 1.20 bits per heavy atom. The summed E-state index contributed by atoms with van der Waals surface area (Å²) in [5.41, 5.74) is 3.33. The van der Waals surface area contributed by atoms with Crippen molar-refractivity contribution >= 4 is 50.3 Å². The monoisotopic (exact) mass is 369 g/mol. The molecule has 0 atom stereocenters. The van der Waals surface area contributed by atoms with Crippen LogP contribution in [0.1, 0.15) is 11.5 Å². The summed E-state index contributed by atoms with van der Waals surface area (Å²) in [6.07, 6.45) is 0. The van der Waals surface area contributed by atoms with Gasteiger partial charge in [0.15, 0.2) is 5.65 Å². The molecular weight excluding hydrogens is 361 g/mol. The molecule has 3 rings (SSSR count). The van der Waals surface area contributed by atoms with Gasteiger partial charge in [-0.15, -0.1) is 11.6 Å². The molecule has 0 fully saturated rings. The number of aryl methyl sites for hydroxylation is 1. The van der Waals surface area contributed by atoms with E-state index in [0.29, 0.717) is 10.9 Å². The number of alkyl halides is 1. The van der Waals surface area contributed by atoms with Crippen molar-refractivity contribution in [2.75, 3.05) is 0 Å². The van der Waals surface area contributed by atoms with E-state index < -0.39 is 0 Å². The van der Waals surface area contributed by atoms with E-state index in [1.165, 1.54) is 0 Å². The number of pyridine rings is 1. The minimum absolute atomic E-state index is 0.293. The lowest BCUT2D eigenvalue weighted by molar-refractivity contribution is 0.966. The fourth-order valence-corrected chi connectivity index (χ4v) is 3.04. The van der Waals surface area contributed by atoms with Gasteiger partial charge in [-0.25, -0.2) is 9.97 Å². The highest BCUT2D eigenvalue weighted by Crippen LogP contribution is 2.29. The minimum Gasteiger partial charge on any atom is -0.278 e. The first-order valence-electron chi connectivity index (χ1n) is 5.96. The summed E-state index contributed by atoms with van der Waals surface area (Å²) >= 11 is 15.8. The van der Waals surface area contributed by atoms with Gasteiger partial charge < -0.3 is 0 Å². The molecule has 2 heterocycles. The average Bonchev–Trinajstić information content (AvgIpc) is 2.76. The molecule has 0 amide bonds. The molecule has 0 aliphatic heterocycles. The van der Waals surface area contributed by atoms with Crippen molar-refractivity contribution in [2.24, 2.45) is 0 Å². The van der Waals surface area contributed by atoms with Gasteiger partial charge >= 0.3 is 0 Å². The van der Waals surface area contributed by atoms with Crippen molar-refractivity contribution in [2.45, 2.75) is 12.8 Å². The van der Waals surface area contributed by atoms with Crippen molar-refractivity contribution in [3.05, 3.63) is 51.3 Å². The van der Waals surface area contributed by atoms with Crippen molar-refractivity contribution in [1.82, 2.24) is 14.5 Å². The molecule has 1 aromatic carbocycles. The fourth-order valence-electron chi connectivity index (χ4n) is 2.10. The Hall–Kier alpha value is -1.10. The molecule has 102 valence electrons. The summed E-state index contributed by atoms with van der Waals surface area (Å²) in [5.74, 6) is 1.02. The topological polar surface area (TPSA) is 30.7 Å². The number of imidazole rings is 1. The van der Waals surface area contributed by atoms with Crippen LogP contribution in [0, 0.1) is 6.92 Å². The minimum atomic E-state index is 0.293. The molecule has 20 heavy (non-hydrogen) atoms. The van der Waals surface area contributed by atoms with E-state index in [1.54, 1.807) is 0 Å². The normalized spacial score (nSPS) is 11.2. The molecule has 0 unspecified atom stereocenters. The second kappa shape index (κ2) is 5.35. The lowest BCUT2D eigenvalue weighted by Gasteiger charge is -2.09. The van der Waals surface area contributed by atoms with Gasteiger partial charge in [0.2, 0.25) is 0 Å². The van der Waals surface area contributed by atoms with Crippen LogP contribution < -0.4 is 0 Å². The van der Waals surface area contributed by atoms with Crippen LogP contribution in [-0.4, -0.2) is 14.5 Å². The Morgan fingerprint density at radius 3 is 2.70 bits per heavy atom. The number of rotatable bonds is 2. The smallest absolute Gasteiger partial charge is 0.165 e. The second-order valence-electron chi connectivity index (χ2n) is 4.39. The van der Waals surface area contributed by atoms with E-state index in [0.717, 1.165) is 32.8 Å². The Balaban J connectivity index is 2.36. The molecule has 2 aromatic heterocycles. The lowest BCUT2D eigenvalue weighted by atomic mass is 10.3. The number of halogens is 3. The van der Waals surface area contributed by atoms with Crippen LogP contribution in [0.3, 0.4) is 0 Å². The maximum atomic E-state index is 6.34. The van der Waals surface area contributed by atoms with Crippen LogP contribution in [0.15, 0.2) is 34.8 Å². The predicted molar refractivity (Wildman–Crippen MR) is 85.9 cm³/mol. The number of hydrogen-bond donors (Lipinski definition) is 0. The highest BCUT2D eigenvalue weighted by Gasteiger charge is 2.15. The maximum absolute atomic E-state index is 6.34. The highest BCUT2D eigenvalue weighted by atomic mass is 79.9. The number of nitrogens with zero attached hydrogens (tertiary/aromatic N) is 3. The molecule has 3 aromatic rings. The zero-order valence-electron chi connectivity index (χ0n) is 10.6. The summed E-state index contributed by atoms with van der Waals surface area (Å²) in [7, 11) is 0. The molecular formula is C14H10BrCl2N3. The third kappa shape index (κ3) is 2.32. The van der Waals surface area contributed by atoms with Gasteiger partial charge in [-0.2, -0.15) is 0 Å². The second-order valence-corrected chi connectivity index (χ2v) is 5.98. The van der Waals surface area contributed by atoms with Crippen molar-refractivity contribution in [3.8, 4) is 5.69 Å². The van der Waals surface area contributed by atoms with Gasteiger partial charge in [0, 0.05) is 10.2 Å². The van der Waals surface area contributed by atoms with Crippen molar-refractivity contribution in [3.63, 3.8) is 0 Å². The van der Waals surface area contributed by atoms with E-state index >= 15 is 0 Å². The molecule has 6 heteroatoms. The van der Waals surface area contributed by atoms with Crippen LogP contribution in [-0.2, 0) is 5.88 Å². The summed E-state index contributed by atoms with van der Waals surface area (Å²) in [6, 6.07) is 9.57. The molecule has 0 saturated heterocycles. The van der Waals surface area contributed by atoms with E-state index in [2.05, 4.69) is 25.9 Å². The van der Waals surface area contributed by atoms with Gasteiger partial charge in [-0.1, -0.05) is 27.5 Å². The van der Waals surface area contributed by atoms with E-state index in [-0.39, 0.29) is 0 Å². The van der Waals surface area contributed by atoms with E-state index in [1.807, 2.05) is 41.8 Å². The van der Waals surface area contributed by atoms with E-state index in [4.69, 9.17) is 23.2 Å². The van der Waals surface area contributed by atoms with Gasteiger partial charge in [0.1, 0.15) is 11.3 Å². The molecule has 0 aliphatic rings. The summed E-state index contributed by atoms with van der Waals surface area (Å²) in [4.78, 5) is 9.07. The largest absolute Gasteiger partial charge is 0.278 e. The van der Waals surface area contributed by atoms with Gasteiger partial charge in [0.05, 0.1) is 16.6 Å². The number of benzene rings is 1. The number of fused-ring (bicyclic) bond motifs is 1. The summed E-state index contributed by atoms with van der Waals surface area (Å²) < 4.78 is 2.83. The molecule has 0 saturated carbocycles. The van der Waals surface area contributed by atoms with Gasteiger partial charge in [-0.3, -0.25) is 4.57 Å². The molecule has 0 bridgehead atoms. The SMILES string of the molecule is Cc1ccc2nc(CCl)n(-c3ccc(Br)cc3Cl)c2n1. The quantitative estimate of drug-likeness (QED) is 0.601. The third-order valence-electron chi connectivity index (χ3n) is 2.98. The Morgan fingerprint density at radius 2 is 2.00 bits per heavy atom. The fraction of sp³-hybridized carbons (Fsp3) is 0.143. The van der Waals surface area contributed by atoms with Crippen molar-refractivity contribution in [1.29, 1.82) is 0 Å². The van der Waals surface area contributed by atoms with Gasteiger partial charge in [0.25, 0.3) is 0 Å². The standard InChI is InChI=1S/C14H10BrCl2N3/c1-8-2-4-11-14(18-8)20(13(7-16)19-11)12-5-3-9(15)6-10(12)17/h2-6H,7H2,1H3. The van der Waals surface area contributed by atoms with Gasteiger partial charge in [-0.05, 0) is 37.3 Å². The predicted octanol–water partition coefficient (Wildman–Crippen LogP) is 4.88. The summed E-state index contributed by atoms with van der Waals surface area (Å²) in [5, 5.41) is 0.619. The Kier molecular flexibility index (Phi) is 3.71. The van der Waals surface area contributed by atoms with Crippen LogP contribution in [0.5, 0.6) is 0 Å². The Bertz CT molecular complexity index is 798. The van der Waals surface area contributed by atoms with E-state index in [9.17, 15) is 0 Å². The van der Waals surface area contributed by atoms with Crippen LogP contribution in [0.4, 0.5) is 0 Å². The first-order chi connectivity index (χ1) is 9.60. The average molecular weight is 371 g/mol. The first-order valence-corrected chi connectivity index (χ1v) is 7.67. The third-order valence-corrected chi connectivity index (χ3v) is 4.02. The molecule has 0 N–H and O–H groups in total. The van der Waals surface area contributed by atoms with Crippen LogP contribution >= 0.6 is 39.1 Å². The summed E-state index contributed by atoms with van der Waals surface area (Å²) in [6.45, 7) is 1.94. The lowest BCUT2D eigenvalue weighted by Crippen LogP contribution is -2.01. The Labute approximate surface area is 134 Å². The van der Waals surface area contributed by atoms with Crippen molar-refractivity contribution < 1.29 is 0 Å². The van der Waals surface area contributed by atoms with Crippen LogP contribution in [0.25, 0.3) is 16.9 Å². The number of hydrogen-bond acceptors (Lipinski definition) is 2. The number of aromatic nitrogens is 3. The zero-order valence-corrected chi connectivity index (χ0v) is 13.7. The highest BCUT2D eigenvalue weighted by molar-refractivity contribution is 9.10. The zero-order chi connectivity index (χ0) is 14.3. The molecule has 0 spiro atoms. The molecule has 0 radical (unpaired) electrons. The first kappa shape index (κ1) is 13.9. The molecule has 3 nitrogen and oxygen atoms in total.